The molecule has 1 heterocycles. The Morgan fingerprint density at radius 1 is 0.373 bits per heavy atom. The lowest BCUT2D eigenvalue weighted by atomic mass is 9.67. The van der Waals surface area contributed by atoms with Gasteiger partial charge in [0.1, 0.15) is 11.2 Å². The van der Waals surface area contributed by atoms with Crippen LogP contribution in [0.5, 0.6) is 0 Å². The summed E-state index contributed by atoms with van der Waals surface area (Å²) in [5.74, 6) is 0. The van der Waals surface area contributed by atoms with Crippen LogP contribution >= 0.6 is 0 Å². The zero-order chi connectivity index (χ0) is 33.8. The second-order valence-electron chi connectivity index (χ2n) is 13.3. The van der Waals surface area contributed by atoms with Crippen LogP contribution in [0.2, 0.25) is 0 Å². The minimum absolute atomic E-state index is 0.566. The molecule has 9 aromatic rings. The van der Waals surface area contributed by atoms with Crippen molar-refractivity contribution in [3.05, 3.63) is 222 Å². The Kier molecular flexibility index (Phi) is 6.75. The Bertz CT molecular complexity index is 2660. The van der Waals surface area contributed by atoms with Crippen LogP contribution in [0, 0.1) is 0 Å². The molecule has 51 heavy (non-hydrogen) atoms. The summed E-state index contributed by atoms with van der Waals surface area (Å²) in [6.45, 7) is 0. The molecule has 2 nitrogen and oxygen atoms in total. The molecule has 10 rings (SSSR count). The van der Waals surface area contributed by atoms with Gasteiger partial charge in [-0.2, -0.15) is 0 Å². The molecule has 240 valence electrons. The van der Waals surface area contributed by atoms with Crippen molar-refractivity contribution in [1.29, 1.82) is 0 Å². The summed E-state index contributed by atoms with van der Waals surface area (Å²) in [4.78, 5) is 2.42. The van der Waals surface area contributed by atoms with Gasteiger partial charge in [0.2, 0.25) is 0 Å². The zero-order valence-electron chi connectivity index (χ0n) is 27.9. The van der Waals surface area contributed by atoms with E-state index in [2.05, 4.69) is 193 Å². The van der Waals surface area contributed by atoms with Crippen molar-refractivity contribution in [3.8, 4) is 22.3 Å². The van der Waals surface area contributed by atoms with Gasteiger partial charge in [-0.25, -0.2) is 0 Å². The standard InChI is InChI=1S/C49H33NO/c1-3-16-34(17-4-1)35-18-15-21-37(32-35)50(38-30-31-42-41-24-9-14-29-47(41)51-48(42)33-38)46-28-13-12-27-45(46)49(36-19-5-2-6-20-36)43-25-10-7-22-39(43)40-23-8-11-26-44(40)49/h1-33H. The number of benzene rings is 8. The smallest absolute Gasteiger partial charge is 0.137 e. The number of rotatable bonds is 6. The van der Waals surface area contributed by atoms with Crippen molar-refractivity contribution < 1.29 is 4.42 Å². The molecule has 2 heteroatoms. The Morgan fingerprint density at radius 3 is 1.71 bits per heavy atom. The molecule has 1 aromatic heterocycles. The molecule has 0 unspecified atom stereocenters. The lowest BCUT2D eigenvalue weighted by Crippen LogP contribution is -2.30. The van der Waals surface area contributed by atoms with Gasteiger partial charge >= 0.3 is 0 Å². The third-order valence-corrected chi connectivity index (χ3v) is 10.5. The molecule has 0 saturated carbocycles. The van der Waals surface area contributed by atoms with E-state index < -0.39 is 5.41 Å². The first-order chi connectivity index (χ1) is 25.3. The second-order valence-corrected chi connectivity index (χ2v) is 13.3. The number of furan rings is 1. The summed E-state index contributed by atoms with van der Waals surface area (Å²) in [6.07, 6.45) is 0. The van der Waals surface area contributed by atoms with Gasteiger partial charge in [0.05, 0.1) is 11.1 Å². The Labute approximate surface area is 297 Å². The summed E-state index contributed by atoms with van der Waals surface area (Å²) in [5.41, 5.74) is 14.3. The molecular formula is C49H33NO. The van der Waals surface area contributed by atoms with E-state index in [1.807, 2.05) is 12.1 Å². The highest BCUT2D eigenvalue weighted by atomic mass is 16.3. The Morgan fingerprint density at radius 2 is 0.941 bits per heavy atom. The maximum atomic E-state index is 6.49. The van der Waals surface area contributed by atoms with Gasteiger partial charge in [-0.15, -0.1) is 0 Å². The van der Waals surface area contributed by atoms with Gasteiger partial charge < -0.3 is 9.32 Å². The van der Waals surface area contributed by atoms with Crippen LogP contribution in [-0.4, -0.2) is 0 Å². The van der Waals surface area contributed by atoms with E-state index in [1.54, 1.807) is 0 Å². The molecule has 0 aliphatic heterocycles. The number of anilines is 3. The SMILES string of the molecule is c1ccc(-c2cccc(N(c3ccc4c(c3)oc3ccccc34)c3ccccc3C3(c4ccccc4)c4ccccc4-c4ccccc43)c2)cc1. The van der Waals surface area contributed by atoms with E-state index >= 15 is 0 Å². The third kappa shape index (κ3) is 4.50. The van der Waals surface area contributed by atoms with Crippen molar-refractivity contribution in [2.45, 2.75) is 5.41 Å². The lowest BCUT2D eigenvalue weighted by Gasteiger charge is -2.38. The fourth-order valence-corrected chi connectivity index (χ4v) is 8.40. The second kappa shape index (κ2) is 11.8. The average Bonchev–Trinajstić information content (AvgIpc) is 3.73. The van der Waals surface area contributed by atoms with Crippen LogP contribution in [-0.2, 0) is 5.41 Å². The largest absolute Gasteiger partial charge is 0.456 e. The van der Waals surface area contributed by atoms with E-state index in [0.717, 1.165) is 44.6 Å². The fourth-order valence-electron chi connectivity index (χ4n) is 8.40. The van der Waals surface area contributed by atoms with Crippen molar-refractivity contribution in [2.75, 3.05) is 4.90 Å². The minimum Gasteiger partial charge on any atom is -0.456 e. The van der Waals surface area contributed by atoms with Gasteiger partial charge in [0, 0.05) is 28.2 Å². The highest BCUT2D eigenvalue weighted by molar-refractivity contribution is 6.06. The van der Waals surface area contributed by atoms with E-state index in [0.29, 0.717) is 0 Å². The van der Waals surface area contributed by atoms with E-state index in [4.69, 9.17) is 4.42 Å². The van der Waals surface area contributed by atoms with Crippen LogP contribution < -0.4 is 4.90 Å². The highest BCUT2D eigenvalue weighted by Gasteiger charge is 2.47. The summed E-state index contributed by atoms with van der Waals surface area (Å²) < 4.78 is 6.49. The molecule has 0 bridgehead atoms. The first-order valence-corrected chi connectivity index (χ1v) is 17.5. The average molecular weight is 652 g/mol. The first-order valence-electron chi connectivity index (χ1n) is 17.5. The predicted octanol–water partition coefficient (Wildman–Crippen LogP) is 13.1. The number of fused-ring (bicyclic) bond motifs is 6. The van der Waals surface area contributed by atoms with Gasteiger partial charge in [0.25, 0.3) is 0 Å². The maximum Gasteiger partial charge on any atom is 0.137 e. The third-order valence-electron chi connectivity index (χ3n) is 10.5. The van der Waals surface area contributed by atoms with Gasteiger partial charge in [-0.3, -0.25) is 0 Å². The molecule has 1 aliphatic rings. The molecular weight excluding hydrogens is 619 g/mol. The lowest BCUT2D eigenvalue weighted by molar-refractivity contribution is 0.669. The van der Waals surface area contributed by atoms with Crippen molar-refractivity contribution in [3.63, 3.8) is 0 Å². The summed E-state index contributed by atoms with van der Waals surface area (Å²) in [5, 5.41) is 2.24. The van der Waals surface area contributed by atoms with Gasteiger partial charge in [-0.05, 0) is 80.9 Å². The summed E-state index contributed by atoms with van der Waals surface area (Å²) in [6, 6.07) is 72.3. The van der Waals surface area contributed by atoms with E-state index in [9.17, 15) is 0 Å². The van der Waals surface area contributed by atoms with Crippen molar-refractivity contribution in [1.82, 2.24) is 0 Å². The van der Waals surface area contributed by atoms with Gasteiger partial charge in [-0.1, -0.05) is 158 Å². The number of para-hydroxylation sites is 2. The fraction of sp³-hybridized carbons (Fsp3) is 0.0204. The molecule has 0 spiro atoms. The van der Waals surface area contributed by atoms with E-state index in [-0.39, 0.29) is 0 Å². The minimum atomic E-state index is -0.566. The number of hydrogen-bond donors (Lipinski definition) is 0. The molecule has 0 atom stereocenters. The van der Waals surface area contributed by atoms with Crippen molar-refractivity contribution >= 4 is 39.0 Å². The summed E-state index contributed by atoms with van der Waals surface area (Å²) in [7, 11) is 0. The molecule has 0 N–H and O–H groups in total. The molecule has 1 aliphatic carbocycles. The van der Waals surface area contributed by atoms with Crippen molar-refractivity contribution in [2.24, 2.45) is 0 Å². The number of hydrogen-bond acceptors (Lipinski definition) is 2. The molecule has 0 fully saturated rings. The first kappa shape index (κ1) is 29.3. The molecule has 8 aromatic carbocycles. The topological polar surface area (TPSA) is 16.4 Å². The molecule has 0 radical (unpaired) electrons. The maximum absolute atomic E-state index is 6.49. The van der Waals surface area contributed by atoms with Crippen LogP contribution in [0.4, 0.5) is 17.1 Å². The van der Waals surface area contributed by atoms with Crippen LogP contribution in [0.25, 0.3) is 44.2 Å². The molecule has 0 saturated heterocycles. The highest BCUT2D eigenvalue weighted by Crippen LogP contribution is 2.58. The zero-order valence-corrected chi connectivity index (χ0v) is 27.9. The quantitative estimate of drug-likeness (QED) is 0.178. The monoisotopic (exact) mass is 651 g/mol. The summed E-state index contributed by atoms with van der Waals surface area (Å²) >= 11 is 0. The Hall–Kier alpha value is -6.64. The van der Waals surface area contributed by atoms with E-state index in [1.165, 1.54) is 38.9 Å². The Balaban J connectivity index is 1.29. The van der Waals surface area contributed by atoms with Crippen LogP contribution in [0.3, 0.4) is 0 Å². The van der Waals surface area contributed by atoms with Crippen LogP contribution in [0.1, 0.15) is 22.3 Å². The van der Waals surface area contributed by atoms with Gasteiger partial charge in [0.15, 0.2) is 0 Å². The number of nitrogens with zero attached hydrogens (tertiary/aromatic N) is 1. The predicted molar refractivity (Wildman–Crippen MR) is 211 cm³/mol. The normalized spacial score (nSPS) is 12.9. The molecule has 0 amide bonds. The van der Waals surface area contributed by atoms with Crippen LogP contribution in [0.15, 0.2) is 205 Å².